The number of hydrogen-bond acceptors (Lipinski definition) is 1. The van der Waals surface area contributed by atoms with Crippen molar-refractivity contribution in [2.75, 3.05) is 6.54 Å². The second-order valence-corrected chi connectivity index (χ2v) is 5.23. The van der Waals surface area contributed by atoms with Gasteiger partial charge in [0.2, 0.25) is 0 Å². The summed E-state index contributed by atoms with van der Waals surface area (Å²) in [5, 5.41) is 3.80. The molecule has 0 amide bonds. The van der Waals surface area contributed by atoms with Crippen LogP contribution in [0.15, 0.2) is 11.6 Å². The number of rotatable bonds is 0. The van der Waals surface area contributed by atoms with Gasteiger partial charge in [-0.25, -0.2) is 0 Å². The van der Waals surface area contributed by atoms with Gasteiger partial charge < -0.3 is 5.32 Å². The number of fused-ring (bicyclic) bond motifs is 3. The van der Waals surface area contributed by atoms with Crippen LogP contribution in [-0.2, 0) is 0 Å². The second-order valence-electron chi connectivity index (χ2n) is 5.23. The predicted molar refractivity (Wildman–Crippen MR) is 59.2 cm³/mol. The molecule has 1 heterocycles. The summed E-state index contributed by atoms with van der Waals surface area (Å²) in [5.74, 6) is 1.81. The van der Waals surface area contributed by atoms with Crippen molar-refractivity contribution in [1.82, 2.24) is 5.32 Å². The first-order valence-electron chi connectivity index (χ1n) is 6.39. The Labute approximate surface area is 87.0 Å². The zero-order valence-corrected chi connectivity index (χ0v) is 8.97. The molecule has 1 N–H and O–H groups in total. The highest BCUT2D eigenvalue weighted by molar-refractivity contribution is 5.24. The SMILES string of the molecule is C1=C2CCCC2C2NCCCCCC12. The van der Waals surface area contributed by atoms with Crippen molar-refractivity contribution in [3.05, 3.63) is 11.6 Å². The van der Waals surface area contributed by atoms with Crippen molar-refractivity contribution in [3.63, 3.8) is 0 Å². The Morgan fingerprint density at radius 2 is 2.07 bits per heavy atom. The Morgan fingerprint density at radius 1 is 1.07 bits per heavy atom. The van der Waals surface area contributed by atoms with Crippen LogP contribution in [0.5, 0.6) is 0 Å². The molecule has 3 unspecified atom stereocenters. The van der Waals surface area contributed by atoms with E-state index in [1.165, 1.54) is 51.5 Å². The first kappa shape index (κ1) is 8.96. The van der Waals surface area contributed by atoms with Crippen molar-refractivity contribution >= 4 is 0 Å². The molecule has 1 heteroatoms. The van der Waals surface area contributed by atoms with Crippen LogP contribution < -0.4 is 5.32 Å². The minimum atomic E-state index is 0.827. The summed E-state index contributed by atoms with van der Waals surface area (Å²) in [5.41, 5.74) is 1.80. The van der Waals surface area contributed by atoms with Gasteiger partial charge in [0, 0.05) is 6.04 Å². The zero-order chi connectivity index (χ0) is 9.38. The average molecular weight is 191 g/mol. The third kappa shape index (κ3) is 1.42. The summed E-state index contributed by atoms with van der Waals surface area (Å²) in [7, 11) is 0. The maximum atomic E-state index is 3.80. The fourth-order valence-corrected chi connectivity index (χ4v) is 3.70. The minimum Gasteiger partial charge on any atom is -0.313 e. The highest BCUT2D eigenvalue weighted by Crippen LogP contribution is 2.44. The van der Waals surface area contributed by atoms with Crippen LogP contribution in [0.3, 0.4) is 0 Å². The van der Waals surface area contributed by atoms with E-state index in [4.69, 9.17) is 0 Å². The molecule has 0 aromatic heterocycles. The second kappa shape index (κ2) is 3.69. The molecule has 3 rings (SSSR count). The van der Waals surface area contributed by atoms with Gasteiger partial charge >= 0.3 is 0 Å². The van der Waals surface area contributed by atoms with E-state index in [0.717, 1.165) is 17.9 Å². The molecule has 0 spiro atoms. The van der Waals surface area contributed by atoms with Gasteiger partial charge in [-0.1, -0.05) is 24.5 Å². The fraction of sp³-hybridized carbons (Fsp3) is 0.846. The number of nitrogens with one attached hydrogen (secondary N) is 1. The van der Waals surface area contributed by atoms with Crippen molar-refractivity contribution in [2.45, 2.75) is 51.0 Å². The average Bonchev–Trinajstić information content (AvgIpc) is 2.67. The molecule has 1 saturated heterocycles. The van der Waals surface area contributed by atoms with E-state index in [0.29, 0.717) is 0 Å². The molecule has 1 nitrogen and oxygen atoms in total. The van der Waals surface area contributed by atoms with Crippen LogP contribution in [0.2, 0.25) is 0 Å². The largest absolute Gasteiger partial charge is 0.313 e. The third-order valence-electron chi connectivity index (χ3n) is 4.37. The lowest BCUT2D eigenvalue weighted by atomic mass is 9.89. The van der Waals surface area contributed by atoms with E-state index in [9.17, 15) is 0 Å². The van der Waals surface area contributed by atoms with E-state index in [2.05, 4.69) is 11.4 Å². The van der Waals surface area contributed by atoms with Gasteiger partial charge in [0.15, 0.2) is 0 Å². The Bertz CT molecular complexity index is 244. The molecule has 0 radical (unpaired) electrons. The van der Waals surface area contributed by atoms with Crippen LogP contribution in [-0.4, -0.2) is 12.6 Å². The molecule has 0 bridgehead atoms. The lowest BCUT2D eigenvalue weighted by molar-refractivity contribution is 0.310. The summed E-state index contributed by atoms with van der Waals surface area (Å²) in [6, 6.07) is 0.827. The van der Waals surface area contributed by atoms with E-state index in [1.807, 2.05) is 0 Å². The molecular weight excluding hydrogens is 170 g/mol. The summed E-state index contributed by atoms with van der Waals surface area (Å²) >= 11 is 0. The molecule has 1 saturated carbocycles. The van der Waals surface area contributed by atoms with E-state index in [1.54, 1.807) is 5.57 Å². The van der Waals surface area contributed by atoms with Gasteiger partial charge in [0.05, 0.1) is 0 Å². The van der Waals surface area contributed by atoms with Crippen molar-refractivity contribution in [1.29, 1.82) is 0 Å². The highest BCUT2D eigenvalue weighted by Gasteiger charge is 2.38. The lowest BCUT2D eigenvalue weighted by Gasteiger charge is -2.28. The minimum absolute atomic E-state index is 0.827. The lowest BCUT2D eigenvalue weighted by Crippen LogP contribution is -2.39. The fourth-order valence-electron chi connectivity index (χ4n) is 3.70. The standard InChI is InChI=1S/C13H21N/c1-2-5-11-9-10-6-4-7-12(10)13(11)14-8-3-1/h9,11-14H,1-8H2. The molecule has 2 fully saturated rings. The monoisotopic (exact) mass is 191 g/mol. The maximum Gasteiger partial charge on any atom is 0.0195 e. The van der Waals surface area contributed by atoms with E-state index < -0.39 is 0 Å². The van der Waals surface area contributed by atoms with E-state index in [-0.39, 0.29) is 0 Å². The van der Waals surface area contributed by atoms with Gasteiger partial charge in [-0.3, -0.25) is 0 Å². The van der Waals surface area contributed by atoms with Crippen molar-refractivity contribution in [2.24, 2.45) is 11.8 Å². The van der Waals surface area contributed by atoms with Crippen molar-refractivity contribution in [3.8, 4) is 0 Å². The molecule has 78 valence electrons. The Morgan fingerprint density at radius 3 is 3.07 bits per heavy atom. The van der Waals surface area contributed by atoms with Gasteiger partial charge in [-0.2, -0.15) is 0 Å². The molecule has 1 aliphatic heterocycles. The molecule has 14 heavy (non-hydrogen) atoms. The molecule has 0 aromatic rings. The summed E-state index contributed by atoms with van der Waals surface area (Å²) in [6.45, 7) is 1.26. The quantitative estimate of drug-likeness (QED) is 0.581. The van der Waals surface area contributed by atoms with Crippen LogP contribution in [0.1, 0.15) is 44.9 Å². The summed E-state index contributed by atoms with van der Waals surface area (Å²) in [4.78, 5) is 0. The van der Waals surface area contributed by atoms with Crippen LogP contribution in [0.4, 0.5) is 0 Å². The van der Waals surface area contributed by atoms with Gasteiger partial charge in [0.1, 0.15) is 0 Å². The predicted octanol–water partition coefficient (Wildman–Crippen LogP) is 2.87. The Kier molecular flexibility index (Phi) is 2.36. The van der Waals surface area contributed by atoms with Crippen molar-refractivity contribution < 1.29 is 0 Å². The maximum absolute atomic E-state index is 3.80. The summed E-state index contributed by atoms with van der Waals surface area (Å²) < 4.78 is 0. The first-order chi connectivity index (χ1) is 6.95. The Balaban J connectivity index is 1.78. The highest BCUT2D eigenvalue weighted by atomic mass is 14.9. The smallest absolute Gasteiger partial charge is 0.0195 e. The van der Waals surface area contributed by atoms with Gasteiger partial charge in [-0.05, 0) is 50.5 Å². The molecular formula is C13H21N. The molecule has 0 aromatic carbocycles. The number of hydrogen-bond donors (Lipinski definition) is 1. The molecule has 2 aliphatic carbocycles. The summed E-state index contributed by atoms with van der Waals surface area (Å²) in [6.07, 6.45) is 12.7. The van der Waals surface area contributed by atoms with E-state index >= 15 is 0 Å². The first-order valence-corrected chi connectivity index (χ1v) is 6.39. The third-order valence-corrected chi connectivity index (χ3v) is 4.37. The topological polar surface area (TPSA) is 12.0 Å². The normalized spacial score (nSPS) is 42.3. The van der Waals surface area contributed by atoms with Crippen LogP contribution >= 0.6 is 0 Å². The molecule has 3 aliphatic rings. The van der Waals surface area contributed by atoms with Crippen LogP contribution in [0, 0.1) is 11.8 Å². The van der Waals surface area contributed by atoms with Gasteiger partial charge in [-0.15, -0.1) is 0 Å². The Hall–Kier alpha value is -0.300. The molecule has 3 atom stereocenters. The van der Waals surface area contributed by atoms with Crippen LogP contribution in [0.25, 0.3) is 0 Å². The van der Waals surface area contributed by atoms with Gasteiger partial charge in [0.25, 0.3) is 0 Å². The zero-order valence-electron chi connectivity index (χ0n) is 8.97.